The predicted molar refractivity (Wildman–Crippen MR) is 506 cm³/mol. The second-order valence-electron chi connectivity index (χ2n) is 29.7. The van der Waals surface area contributed by atoms with Gasteiger partial charge in [-0.05, 0) is 144 Å². The Morgan fingerprint density at radius 2 is 0.529 bits per heavy atom. The molecule has 0 fully saturated rings. The van der Waals surface area contributed by atoms with E-state index >= 15 is 0 Å². The molecule has 12 aromatic carbocycles. The maximum atomic E-state index is 14.1. The highest BCUT2D eigenvalue weighted by Gasteiger charge is 2.28. The lowest BCUT2D eigenvalue weighted by atomic mass is 10.1. The predicted octanol–water partition coefficient (Wildman–Crippen LogP) is 24.2. The highest BCUT2D eigenvalue weighted by Crippen LogP contribution is 2.40. The zero-order valence-corrected chi connectivity index (χ0v) is 74.3. The molecule has 0 spiro atoms. The van der Waals surface area contributed by atoms with Gasteiger partial charge < -0.3 is 25.8 Å². The van der Waals surface area contributed by atoms with Crippen LogP contribution in [0.2, 0.25) is 5.02 Å². The van der Waals surface area contributed by atoms with Gasteiger partial charge >= 0.3 is 0 Å². The van der Waals surface area contributed by atoms with Crippen LogP contribution >= 0.6 is 11.6 Å². The Morgan fingerprint density at radius 1 is 0.275 bits per heavy atom. The molecule has 0 aliphatic carbocycles. The average molecular weight is 1900 g/mol. The van der Waals surface area contributed by atoms with Crippen LogP contribution in [0.3, 0.4) is 0 Å². The van der Waals surface area contributed by atoms with Crippen molar-refractivity contribution in [3.05, 3.63) is 441 Å². The number of aryl methyl sites for hydroxylation is 5. The molecule has 138 heavy (non-hydrogen) atoms. The summed E-state index contributed by atoms with van der Waals surface area (Å²) in [5.74, 6) is -16.8. The van der Waals surface area contributed by atoms with Crippen molar-refractivity contribution in [2.24, 2.45) is 0 Å². The zero-order chi connectivity index (χ0) is 98.5. The van der Waals surface area contributed by atoms with Gasteiger partial charge in [-0.3, -0.25) is 24.0 Å². The van der Waals surface area contributed by atoms with Crippen LogP contribution in [0.1, 0.15) is 40.2 Å². The van der Waals surface area contributed by atoms with E-state index in [0.717, 1.165) is 74.1 Å². The van der Waals surface area contributed by atoms with Gasteiger partial charge in [0.05, 0.1) is 56.5 Å². The first-order valence-electron chi connectivity index (χ1n) is 42.4. The maximum Gasteiger partial charge on any atom is 0.291 e. The van der Waals surface area contributed by atoms with Gasteiger partial charge in [0.25, 0.3) is 27.8 Å². The van der Waals surface area contributed by atoms with Crippen LogP contribution < -0.4 is 53.5 Å². The van der Waals surface area contributed by atoms with Crippen molar-refractivity contribution in [3.63, 3.8) is 0 Å². The van der Waals surface area contributed by atoms with E-state index in [9.17, 15) is 81.0 Å². The molecule has 0 amide bonds. The lowest BCUT2D eigenvalue weighted by Gasteiger charge is -2.26. The molecule has 3 N–H and O–H groups in total. The third-order valence-corrected chi connectivity index (χ3v) is 20.9. The van der Waals surface area contributed by atoms with Gasteiger partial charge in [0.2, 0.25) is 0 Å². The van der Waals surface area contributed by atoms with Crippen LogP contribution in [0.5, 0.6) is 0 Å². The summed E-state index contributed by atoms with van der Waals surface area (Å²) < 4.78 is 185. The molecular weight excluding hydrogens is 1820 g/mol. The second-order valence-corrected chi connectivity index (χ2v) is 30.1. The van der Waals surface area contributed by atoms with E-state index in [-0.39, 0.29) is 68.9 Å². The standard InChI is InChI=1S/C24H15F6N3O.C24H17F4N3O.C19H16N4O.C18H15ClFN3O.C18H15F2N3O/c1-2-32-24(34)21(12-20(31-32)13-6-4-3-5-7-13)33(14-8-16(25)22(29)17(26)9-14)15-10-18(27)23(30)19(28)11-15;1-2-30-24(32)23(14-22(29-30)15-6-4-3-5-7-15)31(16-8-10-18(25)20(27)12-16)17-9-11-19(26)21(28)13-17;1-2-23-19(24)18(21-16-10-8-14(13-20)9-11-16)12-17(22-23)15-6-4-3-5-7-15;1-2-23-18(24)17(21-13-8-9-15(20)14(19)10-13)11-16(22-23)12-6-4-3-5-7-12;1-2-23-18(24)17(21-13-8-9-14(19)15(20)10-13)11-16(22-23)12-6-4-3-5-7-12/h3-12H,2H2,1H3;3-14H,2H2,1H3;3-12,21H,2H2,1H3;2*3-11,21H,2H2,1H3. The molecule has 0 bridgehead atoms. The van der Waals surface area contributed by atoms with Gasteiger partial charge in [-0.15, -0.1) is 0 Å². The first-order chi connectivity index (χ1) is 66.5. The monoisotopic (exact) mass is 1900 g/mol. The van der Waals surface area contributed by atoms with Crippen molar-refractivity contribution < 1.29 is 57.1 Å². The molecule has 0 radical (unpaired) electrons. The van der Waals surface area contributed by atoms with Gasteiger partial charge in [-0.25, -0.2) is 80.5 Å². The fourth-order valence-electron chi connectivity index (χ4n) is 13.8. The Morgan fingerprint density at radius 3 is 0.819 bits per heavy atom. The van der Waals surface area contributed by atoms with Crippen LogP contribution in [0.25, 0.3) is 56.3 Å². The van der Waals surface area contributed by atoms with Crippen LogP contribution in [-0.2, 0) is 32.7 Å². The fourth-order valence-corrected chi connectivity index (χ4v) is 14.0. The minimum absolute atomic E-state index is 0.00634. The smallest absolute Gasteiger partial charge is 0.291 e. The van der Waals surface area contributed by atoms with E-state index in [2.05, 4.69) is 47.5 Å². The third kappa shape index (κ3) is 23.6. The van der Waals surface area contributed by atoms with E-state index in [0.29, 0.717) is 100 Å². The average Bonchev–Trinajstić information content (AvgIpc) is 0.764. The molecule has 0 aliphatic heterocycles. The first-order valence-corrected chi connectivity index (χ1v) is 42.7. The molecule has 21 nitrogen and oxygen atoms in total. The van der Waals surface area contributed by atoms with Crippen molar-refractivity contribution in [1.29, 1.82) is 5.26 Å². The molecule has 5 heterocycles. The Hall–Kier alpha value is -17.1. The minimum atomic E-state index is -1.77. The molecule has 0 saturated heterocycles. The summed E-state index contributed by atoms with van der Waals surface area (Å²) >= 11 is 5.79. The SMILES string of the molecule is CCn1nc(-c2ccccc2)cc(N(c2cc(F)c(F)c(F)c2)c2cc(F)c(F)c(F)c2)c1=O.CCn1nc(-c2ccccc2)cc(N(c2ccc(F)c(F)c2)c2ccc(F)c(F)c2)c1=O.CCn1nc(-c2ccccc2)cc(Nc2ccc(C#N)cc2)c1=O.CCn1nc(-c2ccccc2)cc(Nc2ccc(F)c(Cl)c2)c1=O.CCn1nc(-c2ccccc2)cc(Nc2ccc(F)c(F)c2)c1=O. The maximum absolute atomic E-state index is 14.1. The Balaban J connectivity index is 0.000000147. The Kier molecular flexibility index (Phi) is 32.2. The van der Waals surface area contributed by atoms with Gasteiger partial charge in [0.15, 0.2) is 69.8 Å². The van der Waals surface area contributed by atoms with Crippen LogP contribution in [0.15, 0.2) is 327 Å². The topological polar surface area (TPSA) is 241 Å². The number of aromatic nitrogens is 10. The van der Waals surface area contributed by atoms with E-state index in [1.807, 2.05) is 118 Å². The summed E-state index contributed by atoms with van der Waals surface area (Å²) in [4.78, 5) is 65.8. The summed E-state index contributed by atoms with van der Waals surface area (Å²) in [7, 11) is 0. The lowest BCUT2D eigenvalue weighted by Crippen LogP contribution is -2.29. The van der Waals surface area contributed by atoms with Crippen molar-refractivity contribution in [3.8, 4) is 62.4 Å². The van der Waals surface area contributed by atoms with Crippen molar-refractivity contribution >= 4 is 79.8 Å². The van der Waals surface area contributed by atoms with Crippen molar-refractivity contribution in [1.82, 2.24) is 48.9 Å². The molecule has 35 heteroatoms. The molecule has 0 aliphatic rings. The lowest BCUT2D eigenvalue weighted by molar-refractivity contribution is 0.446. The number of anilines is 12. The number of benzene rings is 12. The molecule has 17 aromatic rings. The van der Waals surface area contributed by atoms with Crippen molar-refractivity contribution in [2.45, 2.75) is 67.3 Å². The Labute approximate surface area is 783 Å². The van der Waals surface area contributed by atoms with Crippen LogP contribution in [-0.4, -0.2) is 48.9 Å². The third-order valence-electron chi connectivity index (χ3n) is 20.6. The largest absolute Gasteiger partial charge is 0.351 e. The fraction of sp³-hybridized carbons (Fsp3) is 0.0971. The molecule has 17 rings (SSSR count). The molecule has 5 aromatic heterocycles. The second kappa shape index (κ2) is 45.1. The molecule has 0 atom stereocenters. The molecular formula is C103H78ClF13N16O5. The molecule has 698 valence electrons. The van der Waals surface area contributed by atoms with E-state index < -0.39 is 98.1 Å². The van der Waals surface area contributed by atoms with Crippen molar-refractivity contribution in [2.75, 3.05) is 25.8 Å². The number of nitrogens with zero attached hydrogens (tertiary/aromatic N) is 13. The first kappa shape index (κ1) is 98.4. The highest BCUT2D eigenvalue weighted by atomic mass is 35.5. The zero-order valence-electron chi connectivity index (χ0n) is 73.5. The van der Waals surface area contributed by atoms with Crippen LogP contribution in [0.4, 0.5) is 125 Å². The minimum Gasteiger partial charge on any atom is -0.351 e. The normalized spacial score (nSPS) is 10.7. The number of rotatable bonds is 22. The number of hydrogen-bond acceptors (Lipinski definition) is 16. The summed E-state index contributed by atoms with van der Waals surface area (Å²) in [6.07, 6.45) is 0. The number of halogens is 14. The molecule has 0 unspecified atom stereocenters. The van der Waals surface area contributed by atoms with Gasteiger partial charge in [0, 0.05) is 131 Å². The van der Waals surface area contributed by atoms with Gasteiger partial charge in [-0.1, -0.05) is 163 Å². The summed E-state index contributed by atoms with van der Waals surface area (Å²) in [5.41, 5.74) is 6.70. The van der Waals surface area contributed by atoms with Gasteiger partial charge in [0.1, 0.15) is 34.3 Å². The van der Waals surface area contributed by atoms with E-state index in [4.69, 9.17) is 16.9 Å². The quantitative estimate of drug-likeness (QED) is 0.0422. The summed E-state index contributed by atoms with van der Waals surface area (Å²) in [5, 5.41) is 39.6. The summed E-state index contributed by atoms with van der Waals surface area (Å²) in [6, 6.07) is 79.0. The summed E-state index contributed by atoms with van der Waals surface area (Å²) in [6.45, 7) is 10.5. The van der Waals surface area contributed by atoms with E-state index in [1.54, 1.807) is 111 Å². The Bertz CT molecular complexity index is 7330. The molecule has 0 saturated carbocycles. The van der Waals surface area contributed by atoms with Crippen LogP contribution in [0, 0.1) is 87.0 Å². The van der Waals surface area contributed by atoms with E-state index in [1.165, 1.54) is 72.2 Å². The number of nitrogens with one attached hydrogen (secondary N) is 3. The van der Waals surface area contributed by atoms with Gasteiger partial charge in [-0.2, -0.15) is 30.8 Å². The number of hydrogen-bond donors (Lipinski definition) is 3. The highest BCUT2D eigenvalue weighted by molar-refractivity contribution is 6.31. The number of nitriles is 1.